The number of hydrogen-bond acceptors (Lipinski definition) is 6. The lowest BCUT2D eigenvalue weighted by molar-refractivity contribution is 0.0696. The van der Waals surface area contributed by atoms with Gasteiger partial charge in [-0.25, -0.2) is 9.78 Å². The van der Waals surface area contributed by atoms with Crippen molar-refractivity contribution in [1.82, 2.24) is 15.1 Å². The van der Waals surface area contributed by atoms with Gasteiger partial charge in [0.1, 0.15) is 0 Å². The monoisotopic (exact) mass is 237 g/mol. The van der Waals surface area contributed by atoms with Gasteiger partial charge in [-0.05, 0) is 12.1 Å². The third kappa shape index (κ3) is 2.57. The highest BCUT2D eigenvalue weighted by molar-refractivity contribution is 7.98. The van der Waals surface area contributed by atoms with E-state index in [1.54, 1.807) is 6.07 Å². The minimum Gasteiger partial charge on any atom is -0.478 e. The van der Waals surface area contributed by atoms with E-state index in [1.165, 1.54) is 30.4 Å². The van der Waals surface area contributed by atoms with Crippen molar-refractivity contribution in [2.45, 2.75) is 10.8 Å². The molecule has 0 aliphatic rings. The van der Waals surface area contributed by atoms with Gasteiger partial charge in [0.15, 0.2) is 5.82 Å². The maximum atomic E-state index is 10.6. The maximum absolute atomic E-state index is 10.6. The highest BCUT2D eigenvalue weighted by atomic mass is 32.2. The Bertz CT molecular complexity index is 469. The number of hydrogen-bond donors (Lipinski definition) is 1. The molecule has 0 bridgehead atoms. The van der Waals surface area contributed by atoms with Crippen molar-refractivity contribution in [2.75, 3.05) is 0 Å². The summed E-state index contributed by atoms with van der Waals surface area (Å²) < 4.78 is 4.58. The third-order valence-electron chi connectivity index (χ3n) is 1.74. The van der Waals surface area contributed by atoms with Crippen molar-refractivity contribution in [3.05, 3.63) is 36.1 Å². The Kier molecular flexibility index (Phi) is 3.16. The molecule has 0 aliphatic heterocycles. The van der Waals surface area contributed by atoms with E-state index in [0.717, 1.165) is 5.03 Å². The molecule has 0 unspecified atom stereocenters. The van der Waals surface area contributed by atoms with E-state index in [9.17, 15) is 4.79 Å². The fraction of sp³-hybridized carbons (Fsp3) is 0.111. The second kappa shape index (κ2) is 4.75. The van der Waals surface area contributed by atoms with Gasteiger partial charge in [0, 0.05) is 6.20 Å². The highest BCUT2D eigenvalue weighted by Gasteiger charge is 2.04. The van der Waals surface area contributed by atoms with Crippen LogP contribution in [0.25, 0.3) is 0 Å². The fourth-order valence-electron chi connectivity index (χ4n) is 0.987. The first-order chi connectivity index (χ1) is 7.75. The number of aromatic nitrogens is 3. The summed E-state index contributed by atoms with van der Waals surface area (Å²) in [6, 6.07) is 3.15. The van der Waals surface area contributed by atoms with Gasteiger partial charge < -0.3 is 9.63 Å². The van der Waals surface area contributed by atoms with E-state index < -0.39 is 5.97 Å². The molecule has 0 saturated carbocycles. The second-order valence-electron chi connectivity index (χ2n) is 2.83. The molecule has 82 valence electrons. The smallest absolute Gasteiger partial charge is 0.337 e. The molecule has 0 atom stereocenters. The van der Waals surface area contributed by atoms with E-state index >= 15 is 0 Å². The quantitative estimate of drug-likeness (QED) is 0.805. The summed E-state index contributed by atoms with van der Waals surface area (Å²) in [6.07, 6.45) is 2.58. The molecule has 0 spiro atoms. The molecule has 2 aromatic heterocycles. The summed E-state index contributed by atoms with van der Waals surface area (Å²) in [6.45, 7) is 0. The number of rotatable bonds is 4. The van der Waals surface area contributed by atoms with Crippen LogP contribution in [0, 0.1) is 0 Å². The Morgan fingerprint density at radius 3 is 2.88 bits per heavy atom. The van der Waals surface area contributed by atoms with Crippen molar-refractivity contribution in [1.29, 1.82) is 0 Å². The number of carboxylic acid groups (broad SMARTS) is 1. The molecule has 0 saturated heterocycles. The van der Waals surface area contributed by atoms with Gasteiger partial charge in [-0.3, -0.25) is 0 Å². The molecule has 6 nitrogen and oxygen atoms in total. The zero-order valence-corrected chi connectivity index (χ0v) is 8.85. The first-order valence-corrected chi connectivity index (χ1v) is 5.31. The van der Waals surface area contributed by atoms with Gasteiger partial charge in [-0.15, -0.1) is 0 Å². The summed E-state index contributed by atoms with van der Waals surface area (Å²) in [4.78, 5) is 18.4. The molecule has 16 heavy (non-hydrogen) atoms. The standard InChI is InChI=1S/C9H7N3O3S/c13-9(14)6-1-2-8(10-3-6)16-4-7-11-5-15-12-7/h1-3,5H,4H2,(H,13,14). The van der Waals surface area contributed by atoms with Gasteiger partial charge >= 0.3 is 5.97 Å². The largest absolute Gasteiger partial charge is 0.478 e. The Morgan fingerprint density at radius 1 is 1.44 bits per heavy atom. The van der Waals surface area contributed by atoms with Crippen molar-refractivity contribution in [3.63, 3.8) is 0 Å². The lowest BCUT2D eigenvalue weighted by Gasteiger charge is -1.98. The Morgan fingerprint density at radius 2 is 2.31 bits per heavy atom. The first kappa shape index (κ1) is 10.6. The van der Waals surface area contributed by atoms with Crippen molar-refractivity contribution < 1.29 is 14.4 Å². The number of nitrogens with zero attached hydrogens (tertiary/aromatic N) is 3. The first-order valence-electron chi connectivity index (χ1n) is 4.33. The number of thioether (sulfide) groups is 1. The van der Waals surface area contributed by atoms with Crippen LogP contribution in [0.4, 0.5) is 0 Å². The third-order valence-corrected chi connectivity index (χ3v) is 2.68. The molecule has 0 radical (unpaired) electrons. The Balaban J connectivity index is 1.98. The van der Waals surface area contributed by atoms with Crippen LogP contribution in [0.15, 0.2) is 34.3 Å². The molecular formula is C9H7N3O3S. The van der Waals surface area contributed by atoms with Crippen molar-refractivity contribution >= 4 is 17.7 Å². The van der Waals surface area contributed by atoms with Gasteiger partial charge in [-0.1, -0.05) is 16.9 Å². The van der Waals surface area contributed by atoms with Crippen LogP contribution < -0.4 is 0 Å². The van der Waals surface area contributed by atoms with Crippen LogP contribution in [0.2, 0.25) is 0 Å². The van der Waals surface area contributed by atoms with E-state index in [2.05, 4.69) is 19.6 Å². The van der Waals surface area contributed by atoms with Crippen LogP contribution >= 0.6 is 11.8 Å². The molecule has 0 aliphatic carbocycles. The zero-order valence-electron chi connectivity index (χ0n) is 8.03. The average molecular weight is 237 g/mol. The molecule has 2 aromatic rings. The highest BCUT2D eigenvalue weighted by Crippen LogP contribution is 2.18. The molecule has 0 fully saturated rings. The minimum absolute atomic E-state index is 0.170. The Labute approximate surface area is 94.7 Å². The minimum atomic E-state index is -0.984. The fourth-order valence-corrected chi connectivity index (χ4v) is 1.68. The molecular weight excluding hydrogens is 230 g/mol. The zero-order chi connectivity index (χ0) is 11.4. The maximum Gasteiger partial charge on any atom is 0.337 e. The molecule has 7 heteroatoms. The summed E-state index contributed by atoms with van der Waals surface area (Å²) >= 11 is 1.41. The Hall–Kier alpha value is -1.89. The average Bonchev–Trinajstić information content (AvgIpc) is 2.80. The van der Waals surface area contributed by atoms with Crippen LogP contribution in [-0.4, -0.2) is 26.2 Å². The van der Waals surface area contributed by atoms with Gasteiger partial charge in [0.05, 0.1) is 16.3 Å². The van der Waals surface area contributed by atoms with E-state index in [4.69, 9.17) is 5.11 Å². The van der Waals surface area contributed by atoms with Crippen LogP contribution in [0.5, 0.6) is 0 Å². The van der Waals surface area contributed by atoms with Crippen LogP contribution in [0.1, 0.15) is 16.2 Å². The van der Waals surface area contributed by atoms with Crippen molar-refractivity contribution in [2.24, 2.45) is 0 Å². The number of carbonyl (C=O) groups is 1. The summed E-state index contributed by atoms with van der Waals surface area (Å²) in [5, 5.41) is 13.0. The lowest BCUT2D eigenvalue weighted by atomic mass is 10.3. The van der Waals surface area contributed by atoms with E-state index in [1.807, 2.05) is 0 Å². The summed E-state index contributed by atoms with van der Waals surface area (Å²) in [5.74, 6) is 0.131. The SMILES string of the molecule is O=C(O)c1ccc(SCc2ncon2)nc1. The summed E-state index contributed by atoms with van der Waals surface area (Å²) in [7, 11) is 0. The molecule has 1 N–H and O–H groups in total. The van der Waals surface area contributed by atoms with E-state index in [0.29, 0.717) is 11.6 Å². The summed E-state index contributed by atoms with van der Waals surface area (Å²) in [5.41, 5.74) is 0.170. The predicted octanol–water partition coefficient (Wildman–Crippen LogP) is 1.46. The normalized spacial score (nSPS) is 10.2. The van der Waals surface area contributed by atoms with Gasteiger partial charge in [0.25, 0.3) is 0 Å². The van der Waals surface area contributed by atoms with Gasteiger partial charge in [-0.2, -0.15) is 4.98 Å². The lowest BCUT2D eigenvalue weighted by Crippen LogP contribution is -1.96. The number of pyridine rings is 1. The molecule has 0 amide bonds. The second-order valence-corrected chi connectivity index (χ2v) is 3.82. The molecule has 2 rings (SSSR count). The van der Waals surface area contributed by atoms with E-state index in [-0.39, 0.29) is 5.56 Å². The topological polar surface area (TPSA) is 89.1 Å². The molecule has 2 heterocycles. The van der Waals surface area contributed by atoms with Gasteiger partial charge in [0.2, 0.25) is 6.39 Å². The number of aromatic carboxylic acids is 1. The number of carboxylic acids is 1. The molecule has 0 aromatic carbocycles. The predicted molar refractivity (Wildman–Crippen MR) is 55.1 cm³/mol. The van der Waals surface area contributed by atoms with Crippen LogP contribution in [0.3, 0.4) is 0 Å². The van der Waals surface area contributed by atoms with Crippen molar-refractivity contribution in [3.8, 4) is 0 Å². The van der Waals surface area contributed by atoms with Crippen LogP contribution in [-0.2, 0) is 5.75 Å².